The zero-order valence-corrected chi connectivity index (χ0v) is 20.8. The predicted molar refractivity (Wildman–Crippen MR) is 140 cm³/mol. The second-order valence-electron chi connectivity index (χ2n) is 9.84. The quantitative estimate of drug-likeness (QED) is 0.497. The van der Waals surface area contributed by atoms with Crippen molar-refractivity contribution in [3.63, 3.8) is 0 Å². The highest BCUT2D eigenvalue weighted by molar-refractivity contribution is 6.06. The molecule has 3 aromatic rings. The molecule has 8 nitrogen and oxygen atoms in total. The van der Waals surface area contributed by atoms with Gasteiger partial charge in [-0.3, -0.25) is 9.78 Å². The van der Waals surface area contributed by atoms with Gasteiger partial charge in [0.15, 0.2) is 0 Å². The molecule has 1 aromatic carbocycles. The molecular formula is C28H30N6O2. The summed E-state index contributed by atoms with van der Waals surface area (Å²) in [5.41, 5.74) is 5.95. The number of amides is 3. The van der Waals surface area contributed by atoms with Crippen molar-refractivity contribution in [2.24, 2.45) is 11.8 Å². The smallest absolute Gasteiger partial charge is 0.321 e. The molecule has 1 saturated heterocycles. The van der Waals surface area contributed by atoms with Crippen LogP contribution in [0.15, 0.2) is 60.7 Å². The first kappa shape index (κ1) is 23.7. The minimum atomic E-state index is -0.130. The largest absolute Gasteiger partial charge is 0.324 e. The Morgan fingerprint density at radius 3 is 2.61 bits per heavy atom. The van der Waals surface area contributed by atoms with Crippen molar-refractivity contribution in [2.45, 2.75) is 33.6 Å². The van der Waals surface area contributed by atoms with Gasteiger partial charge in [0.05, 0.1) is 5.69 Å². The fraction of sp³-hybridized carbons (Fsp3) is 0.321. The van der Waals surface area contributed by atoms with Crippen LogP contribution in [0.25, 0.3) is 22.4 Å². The molecule has 0 saturated carbocycles. The predicted octanol–water partition coefficient (Wildman–Crippen LogP) is 5.29. The van der Waals surface area contributed by atoms with Gasteiger partial charge in [-0.05, 0) is 60.9 Å². The van der Waals surface area contributed by atoms with E-state index in [1.165, 1.54) is 6.33 Å². The monoisotopic (exact) mass is 482 g/mol. The zero-order chi connectivity index (χ0) is 25.2. The van der Waals surface area contributed by atoms with Crippen LogP contribution in [0, 0.1) is 18.8 Å². The molecule has 0 unspecified atom stereocenters. The molecule has 0 bridgehead atoms. The molecule has 3 heterocycles. The normalized spacial score (nSPS) is 16.6. The number of carbonyl (C=O) groups is 2. The first-order valence-corrected chi connectivity index (χ1v) is 12.3. The molecule has 1 fully saturated rings. The lowest BCUT2D eigenvalue weighted by Crippen LogP contribution is -2.33. The number of likely N-dealkylation sites (tertiary alicyclic amines) is 1. The van der Waals surface area contributed by atoms with Crippen LogP contribution in [0.3, 0.4) is 0 Å². The van der Waals surface area contributed by atoms with E-state index in [-0.39, 0.29) is 11.9 Å². The van der Waals surface area contributed by atoms with Crippen LogP contribution in [0.4, 0.5) is 16.3 Å². The molecule has 0 spiro atoms. The number of hydrogen-bond acceptors (Lipinski definition) is 5. The van der Waals surface area contributed by atoms with Crippen molar-refractivity contribution < 1.29 is 9.59 Å². The van der Waals surface area contributed by atoms with Crippen molar-refractivity contribution in [3.05, 3.63) is 66.3 Å². The number of nitrogens with one attached hydrogen (secondary N) is 2. The molecule has 184 valence electrons. The summed E-state index contributed by atoms with van der Waals surface area (Å²) < 4.78 is 0. The Labute approximate surface area is 210 Å². The molecule has 2 N–H and O–H groups in total. The Bertz CT molecular complexity index is 1350. The van der Waals surface area contributed by atoms with Crippen LogP contribution in [0.5, 0.6) is 0 Å². The Kier molecular flexibility index (Phi) is 6.50. The molecule has 5 rings (SSSR count). The maximum Gasteiger partial charge on any atom is 0.321 e. The second-order valence-corrected chi connectivity index (χ2v) is 9.84. The summed E-state index contributed by atoms with van der Waals surface area (Å²) in [5, 5.41) is 5.87. The van der Waals surface area contributed by atoms with E-state index in [0.29, 0.717) is 23.3 Å². The summed E-state index contributed by atoms with van der Waals surface area (Å²) in [6, 6.07) is 9.61. The molecule has 1 aliphatic heterocycles. The van der Waals surface area contributed by atoms with Crippen LogP contribution in [-0.4, -0.2) is 44.9 Å². The highest BCUT2D eigenvalue weighted by Gasteiger charge is 2.28. The Balaban J connectivity index is 1.34. The summed E-state index contributed by atoms with van der Waals surface area (Å²) >= 11 is 0. The third kappa shape index (κ3) is 5.27. The van der Waals surface area contributed by atoms with Gasteiger partial charge in [-0.15, -0.1) is 0 Å². The van der Waals surface area contributed by atoms with Crippen molar-refractivity contribution in [1.29, 1.82) is 0 Å². The van der Waals surface area contributed by atoms with E-state index < -0.39 is 0 Å². The van der Waals surface area contributed by atoms with E-state index in [2.05, 4.69) is 39.4 Å². The fourth-order valence-corrected chi connectivity index (χ4v) is 4.47. The Morgan fingerprint density at radius 1 is 1.06 bits per heavy atom. The van der Waals surface area contributed by atoms with Gasteiger partial charge < -0.3 is 15.5 Å². The molecule has 1 aliphatic carbocycles. The zero-order valence-electron chi connectivity index (χ0n) is 20.8. The molecule has 36 heavy (non-hydrogen) atoms. The summed E-state index contributed by atoms with van der Waals surface area (Å²) in [6.45, 7) is 8.05. The van der Waals surface area contributed by atoms with Crippen LogP contribution in [0.1, 0.15) is 32.3 Å². The lowest BCUT2D eigenvalue weighted by molar-refractivity contribution is -0.112. The van der Waals surface area contributed by atoms with E-state index in [9.17, 15) is 9.59 Å². The van der Waals surface area contributed by atoms with Crippen LogP contribution < -0.4 is 10.6 Å². The van der Waals surface area contributed by atoms with E-state index in [1.807, 2.05) is 42.2 Å². The lowest BCUT2D eigenvalue weighted by Gasteiger charge is -2.19. The first-order valence-electron chi connectivity index (χ1n) is 12.3. The first-order chi connectivity index (χ1) is 17.4. The third-order valence-electron chi connectivity index (χ3n) is 6.90. The number of pyridine rings is 1. The molecule has 8 heteroatoms. The number of benzene rings is 1. The summed E-state index contributed by atoms with van der Waals surface area (Å²) in [4.78, 5) is 39.8. The summed E-state index contributed by atoms with van der Waals surface area (Å²) in [5.74, 6) is 1.45. The topological polar surface area (TPSA) is 100 Å². The minimum absolute atomic E-state index is 0.0580. The van der Waals surface area contributed by atoms with Crippen molar-refractivity contribution in [2.75, 3.05) is 23.7 Å². The maximum absolute atomic E-state index is 12.9. The Hall–Kier alpha value is -4.07. The van der Waals surface area contributed by atoms with Crippen molar-refractivity contribution in [1.82, 2.24) is 19.9 Å². The van der Waals surface area contributed by atoms with Gasteiger partial charge in [-0.1, -0.05) is 26.0 Å². The molecule has 0 radical (unpaired) electrons. The number of rotatable bonds is 6. The Morgan fingerprint density at radius 2 is 1.86 bits per heavy atom. The number of anilines is 2. The van der Waals surface area contributed by atoms with Gasteiger partial charge in [0.25, 0.3) is 5.91 Å². The number of carbonyl (C=O) groups excluding carboxylic acids is 2. The maximum atomic E-state index is 12.9. The van der Waals surface area contributed by atoms with Crippen LogP contribution >= 0.6 is 0 Å². The van der Waals surface area contributed by atoms with Gasteiger partial charge in [-0.2, -0.15) is 0 Å². The van der Waals surface area contributed by atoms with Gasteiger partial charge in [0.2, 0.25) is 0 Å². The number of aromatic nitrogens is 3. The van der Waals surface area contributed by atoms with E-state index in [1.54, 1.807) is 18.5 Å². The molecule has 1 atom stereocenters. The third-order valence-corrected chi connectivity index (χ3v) is 6.90. The van der Waals surface area contributed by atoms with Gasteiger partial charge >= 0.3 is 6.03 Å². The van der Waals surface area contributed by atoms with Gasteiger partial charge in [0, 0.05) is 53.9 Å². The number of urea groups is 1. The van der Waals surface area contributed by atoms with Crippen LogP contribution in [0.2, 0.25) is 0 Å². The van der Waals surface area contributed by atoms with Gasteiger partial charge in [-0.25, -0.2) is 14.8 Å². The van der Waals surface area contributed by atoms with Crippen molar-refractivity contribution >= 4 is 23.4 Å². The molecule has 3 amide bonds. The number of aryl methyl sites for hydroxylation is 1. The fourth-order valence-electron chi connectivity index (χ4n) is 4.47. The standard InChI is InChI=1S/C28H30N6O2/c1-17(2)20-8-9-34(15-20)28(36)32-23-7-4-18(3)24(11-23)21-10-22(14-29-13-21)25-12-26(31-16-30-25)33-27(35)19-5-6-19/h4-5,7,10-14,16-17,20H,6,8-9,15H2,1-3H3,(H,32,36)(H,30,31,33,35)/t20-/m1/s1. The number of hydrogen-bond donors (Lipinski definition) is 2. The van der Waals surface area contributed by atoms with E-state index in [4.69, 9.17) is 0 Å². The van der Waals surface area contributed by atoms with E-state index >= 15 is 0 Å². The minimum Gasteiger partial charge on any atom is -0.324 e. The van der Waals surface area contributed by atoms with Gasteiger partial charge in [0.1, 0.15) is 12.1 Å². The van der Waals surface area contributed by atoms with Crippen LogP contribution in [-0.2, 0) is 4.79 Å². The molecule has 2 aromatic heterocycles. The molecular weight excluding hydrogens is 452 g/mol. The highest BCUT2D eigenvalue weighted by atomic mass is 16.2. The average Bonchev–Trinajstić information content (AvgIpc) is 3.61. The number of allylic oxidation sites excluding steroid dienone is 1. The van der Waals surface area contributed by atoms with Crippen molar-refractivity contribution in [3.8, 4) is 22.4 Å². The van der Waals surface area contributed by atoms with E-state index in [0.717, 1.165) is 59.4 Å². The molecule has 2 aliphatic rings. The second kappa shape index (κ2) is 9.89. The summed E-state index contributed by atoms with van der Waals surface area (Å²) in [6.07, 6.45) is 8.62. The average molecular weight is 483 g/mol. The highest BCUT2D eigenvalue weighted by Crippen LogP contribution is 2.30. The SMILES string of the molecule is Cc1ccc(NC(=O)N2CC[C@@H](C(C)C)C2)cc1-c1cncc(-c2cc(NC(=O)C3=CC3)ncn2)c1. The lowest BCUT2D eigenvalue weighted by atomic mass is 9.95. The summed E-state index contributed by atoms with van der Waals surface area (Å²) in [7, 11) is 0. The number of nitrogens with zero attached hydrogens (tertiary/aromatic N) is 4.